The Hall–Kier alpha value is -5.32. The number of aromatic hydroxyl groups is 1. The van der Waals surface area contributed by atoms with Gasteiger partial charge in [0.2, 0.25) is 17.5 Å². The number of aromatic nitrogens is 7. The van der Waals surface area contributed by atoms with Crippen LogP contribution in [0.1, 0.15) is 17.2 Å². The van der Waals surface area contributed by atoms with Crippen LogP contribution in [-0.2, 0) is 7.05 Å². The predicted molar refractivity (Wildman–Crippen MR) is 140 cm³/mol. The van der Waals surface area contributed by atoms with E-state index in [9.17, 15) is 9.90 Å². The lowest BCUT2D eigenvalue weighted by Gasteiger charge is -2.31. The van der Waals surface area contributed by atoms with E-state index in [1.165, 1.54) is 4.57 Å². The van der Waals surface area contributed by atoms with Crippen LogP contribution in [0.4, 0.5) is 5.95 Å². The van der Waals surface area contributed by atoms with Gasteiger partial charge in [0.25, 0.3) is 11.4 Å². The van der Waals surface area contributed by atoms with Crippen molar-refractivity contribution in [2.45, 2.75) is 6.04 Å². The molecule has 0 bridgehead atoms. The maximum absolute atomic E-state index is 13.1. The second-order valence-electron chi connectivity index (χ2n) is 8.74. The van der Waals surface area contributed by atoms with E-state index in [1.807, 2.05) is 78.7 Å². The van der Waals surface area contributed by atoms with E-state index in [2.05, 4.69) is 30.6 Å². The third-order valence-corrected chi connectivity index (χ3v) is 6.39. The van der Waals surface area contributed by atoms with Gasteiger partial charge in [0, 0.05) is 19.7 Å². The average molecular weight is 507 g/mol. The first-order chi connectivity index (χ1) is 18.5. The van der Waals surface area contributed by atoms with Crippen LogP contribution >= 0.6 is 0 Å². The molecule has 3 aromatic carbocycles. The lowest BCUT2D eigenvalue weighted by molar-refractivity contribution is 0.455. The van der Waals surface area contributed by atoms with Crippen LogP contribution in [-0.4, -0.2) is 47.3 Å². The minimum atomic E-state index is -0.613. The van der Waals surface area contributed by atoms with Crippen LogP contribution in [0.25, 0.3) is 34.1 Å². The molecule has 0 fully saturated rings. The molecule has 0 spiro atoms. The molecule has 11 heteroatoms. The van der Waals surface area contributed by atoms with Gasteiger partial charge in [0.05, 0.1) is 6.04 Å². The number of hydrogen-bond donors (Lipinski definition) is 2. The normalized spacial score (nSPS) is 12.1. The first kappa shape index (κ1) is 23.1. The second-order valence-corrected chi connectivity index (χ2v) is 8.74. The second kappa shape index (κ2) is 9.28. The highest BCUT2D eigenvalue weighted by atomic mass is 16.4. The average Bonchev–Trinajstić information content (AvgIpc) is 3.64. The number of hydrogen-bond acceptors (Lipinski definition) is 9. The molecule has 1 unspecified atom stereocenters. The van der Waals surface area contributed by atoms with Crippen molar-refractivity contribution in [2.75, 3.05) is 11.9 Å². The Balaban J connectivity index is 1.47. The zero-order chi connectivity index (χ0) is 26.2. The summed E-state index contributed by atoms with van der Waals surface area (Å²) in [5.74, 6) is 0.349. The Morgan fingerprint density at radius 1 is 0.947 bits per heavy atom. The molecule has 0 radical (unpaired) electrons. The minimum absolute atomic E-state index is 0.0228. The van der Waals surface area contributed by atoms with Crippen LogP contribution in [0.3, 0.4) is 0 Å². The molecule has 0 saturated carbocycles. The molecular weight excluding hydrogens is 484 g/mol. The van der Waals surface area contributed by atoms with Crippen molar-refractivity contribution in [1.29, 1.82) is 0 Å². The van der Waals surface area contributed by atoms with Gasteiger partial charge in [-0.3, -0.25) is 9.36 Å². The number of anilines is 1. The lowest BCUT2D eigenvalue weighted by Crippen LogP contribution is -2.32. The summed E-state index contributed by atoms with van der Waals surface area (Å²) >= 11 is 0. The number of para-hydroxylation sites is 2. The summed E-state index contributed by atoms with van der Waals surface area (Å²) in [4.78, 5) is 24.1. The third-order valence-electron chi connectivity index (χ3n) is 6.39. The SMILES string of the molecule is CN(c1nc(-c2nc3ccccc3o2)c(O)c(=O)n1C)C(c1ccccc1)c1ccc(-c2nn[nH]n2)cc1. The fourth-order valence-electron chi connectivity index (χ4n) is 4.51. The molecule has 0 aliphatic rings. The summed E-state index contributed by atoms with van der Waals surface area (Å²) in [7, 11) is 3.41. The van der Waals surface area contributed by atoms with Crippen molar-refractivity contribution < 1.29 is 9.52 Å². The van der Waals surface area contributed by atoms with E-state index in [-0.39, 0.29) is 17.6 Å². The monoisotopic (exact) mass is 506 g/mol. The summed E-state index contributed by atoms with van der Waals surface area (Å²) in [5.41, 5.74) is 3.23. The molecule has 6 rings (SSSR count). The molecule has 2 N–H and O–H groups in total. The molecule has 0 aliphatic heterocycles. The van der Waals surface area contributed by atoms with Gasteiger partial charge in [0.1, 0.15) is 5.52 Å². The molecule has 1 atom stereocenters. The molecule has 0 saturated heterocycles. The molecule has 6 aromatic rings. The smallest absolute Gasteiger partial charge is 0.297 e. The van der Waals surface area contributed by atoms with Crippen LogP contribution in [0.2, 0.25) is 0 Å². The molecule has 0 amide bonds. The van der Waals surface area contributed by atoms with Gasteiger partial charge in [-0.2, -0.15) is 5.21 Å². The van der Waals surface area contributed by atoms with E-state index < -0.39 is 11.3 Å². The maximum Gasteiger partial charge on any atom is 0.297 e. The van der Waals surface area contributed by atoms with Crippen molar-refractivity contribution in [3.05, 3.63) is 100 Å². The first-order valence-corrected chi connectivity index (χ1v) is 11.8. The fourth-order valence-corrected chi connectivity index (χ4v) is 4.51. The lowest BCUT2D eigenvalue weighted by atomic mass is 9.96. The summed E-state index contributed by atoms with van der Waals surface area (Å²) < 4.78 is 7.13. The van der Waals surface area contributed by atoms with Crippen LogP contribution < -0.4 is 10.5 Å². The van der Waals surface area contributed by atoms with E-state index in [1.54, 1.807) is 19.2 Å². The largest absolute Gasteiger partial charge is 0.501 e. The summed E-state index contributed by atoms with van der Waals surface area (Å²) in [6.45, 7) is 0. The zero-order valence-electron chi connectivity index (χ0n) is 20.5. The van der Waals surface area contributed by atoms with Crippen molar-refractivity contribution >= 4 is 17.0 Å². The first-order valence-electron chi connectivity index (χ1n) is 11.8. The number of nitrogens with one attached hydrogen (secondary N) is 1. The quantitative estimate of drug-likeness (QED) is 0.346. The highest BCUT2D eigenvalue weighted by Gasteiger charge is 2.27. The van der Waals surface area contributed by atoms with Gasteiger partial charge in [-0.15, -0.1) is 10.2 Å². The highest BCUT2D eigenvalue weighted by Crippen LogP contribution is 2.34. The number of H-pyrrole nitrogens is 1. The Morgan fingerprint density at radius 3 is 2.37 bits per heavy atom. The molecule has 188 valence electrons. The Bertz CT molecular complexity index is 1740. The minimum Gasteiger partial charge on any atom is -0.501 e. The summed E-state index contributed by atoms with van der Waals surface area (Å²) in [5, 5.41) is 24.9. The number of fused-ring (bicyclic) bond motifs is 1. The van der Waals surface area contributed by atoms with Gasteiger partial charge in [-0.05, 0) is 28.5 Å². The number of tetrazole rings is 1. The molecule has 3 aromatic heterocycles. The van der Waals surface area contributed by atoms with Gasteiger partial charge < -0.3 is 14.4 Å². The Morgan fingerprint density at radius 2 is 1.66 bits per heavy atom. The van der Waals surface area contributed by atoms with Gasteiger partial charge in [-0.1, -0.05) is 66.7 Å². The topological polar surface area (TPSA) is 139 Å². The molecule has 11 nitrogen and oxygen atoms in total. The third kappa shape index (κ3) is 3.95. The van der Waals surface area contributed by atoms with E-state index in [0.29, 0.717) is 22.9 Å². The van der Waals surface area contributed by atoms with E-state index in [4.69, 9.17) is 4.42 Å². The highest BCUT2D eigenvalue weighted by molar-refractivity contribution is 5.76. The Labute approximate surface area is 216 Å². The number of oxazole rings is 1. The van der Waals surface area contributed by atoms with Crippen LogP contribution in [0.15, 0.2) is 88.1 Å². The molecule has 38 heavy (non-hydrogen) atoms. The van der Waals surface area contributed by atoms with E-state index in [0.717, 1.165) is 16.7 Å². The van der Waals surface area contributed by atoms with Crippen molar-refractivity contribution in [1.82, 2.24) is 35.2 Å². The van der Waals surface area contributed by atoms with Gasteiger partial charge in [-0.25, -0.2) is 9.97 Å². The maximum atomic E-state index is 13.1. The number of rotatable bonds is 6. The van der Waals surface area contributed by atoms with Crippen LogP contribution in [0.5, 0.6) is 5.75 Å². The molecular formula is C27H22N8O3. The van der Waals surface area contributed by atoms with Crippen LogP contribution in [0, 0.1) is 0 Å². The number of nitrogens with zero attached hydrogens (tertiary/aromatic N) is 7. The Kier molecular flexibility index (Phi) is 5.64. The number of benzene rings is 3. The van der Waals surface area contributed by atoms with Gasteiger partial charge in [0.15, 0.2) is 11.3 Å². The van der Waals surface area contributed by atoms with Crippen molar-refractivity contribution in [2.24, 2.45) is 7.05 Å². The zero-order valence-corrected chi connectivity index (χ0v) is 20.5. The molecule has 3 heterocycles. The van der Waals surface area contributed by atoms with E-state index >= 15 is 0 Å². The standard InChI is InChI=1S/C27H22N8O3/c1-34(22(16-8-4-3-5-9-16)17-12-14-18(15-13-17)24-30-32-33-31-24)27-29-21(23(36)26(37)35(27)2)25-28-19-10-6-7-11-20(19)38-25/h3-15,22,36H,1-2H3,(H,30,31,32,33). The van der Waals surface area contributed by atoms with Crippen molar-refractivity contribution in [3.63, 3.8) is 0 Å². The fraction of sp³-hybridized carbons (Fsp3) is 0.111. The molecule has 0 aliphatic carbocycles. The number of aromatic amines is 1. The summed E-state index contributed by atoms with van der Waals surface area (Å²) in [6, 6.07) is 24.5. The predicted octanol–water partition coefficient (Wildman–Crippen LogP) is 3.70. The van der Waals surface area contributed by atoms with Crippen molar-refractivity contribution in [3.8, 4) is 28.7 Å². The van der Waals surface area contributed by atoms with Gasteiger partial charge >= 0.3 is 0 Å². The summed E-state index contributed by atoms with van der Waals surface area (Å²) in [6.07, 6.45) is 0.